The lowest BCUT2D eigenvalue weighted by Gasteiger charge is -2.21. The molecule has 5 heteroatoms. The van der Waals surface area contributed by atoms with Gasteiger partial charge in [0.1, 0.15) is 6.10 Å². The summed E-state index contributed by atoms with van der Waals surface area (Å²) in [5, 5.41) is 33.2. The number of hydrogen-bond donors (Lipinski definition) is 4. The van der Waals surface area contributed by atoms with Crippen LogP contribution in [0, 0.1) is 0 Å². The highest BCUT2D eigenvalue weighted by Gasteiger charge is 2.22. The van der Waals surface area contributed by atoms with E-state index < -0.39 is 24.2 Å². The van der Waals surface area contributed by atoms with Gasteiger partial charge in [-0.3, -0.25) is 4.79 Å². The van der Waals surface area contributed by atoms with Gasteiger partial charge in [-0.25, -0.2) is 0 Å². The quantitative estimate of drug-likeness (QED) is 0.0371. The Morgan fingerprint density at radius 2 is 0.750 bits per heavy atom. The summed E-state index contributed by atoms with van der Waals surface area (Å²) in [6, 6.07) is -0.792. The summed E-state index contributed by atoms with van der Waals surface area (Å²) in [5.74, 6) is -0.499. The van der Waals surface area contributed by atoms with Crippen molar-refractivity contribution >= 4 is 5.91 Å². The van der Waals surface area contributed by atoms with E-state index >= 15 is 0 Å². The fourth-order valence-corrected chi connectivity index (χ4v) is 7.42. The predicted molar refractivity (Wildman–Crippen MR) is 227 cm³/mol. The Morgan fingerprint density at radius 1 is 0.462 bits per heavy atom. The lowest BCUT2D eigenvalue weighted by molar-refractivity contribution is -0.131. The van der Waals surface area contributed by atoms with Crippen LogP contribution in [0.25, 0.3) is 0 Å². The second-order valence-corrected chi connectivity index (χ2v) is 16.3. The van der Waals surface area contributed by atoms with Gasteiger partial charge in [0.15, 0.2) is 0 Å². The molecule has 0 aromatic carbocycles. The Balaban J connectivity index is 3.60. The van der Waals surface area contributed by atoms with Crippen molar-refractivity contribution in [1.82, 2.24) is 5.32 Å². The molecule has 4 N–H and O–H groups in total. The van der Waals surface area contributed by atoms with Gasteiger partial charge in [-0.05, 0) is 19.3 Å². The third-order valence-corrected chi connectivity index (χ3v) is 11.1. The highest BCUT2D eigenvalue weighted by Crippen LogP contribution is 2.17. The number of carbonyl (C=O) groups excluding carboxylic acids is 1. The first-order valence-electron chi connectivity index (χ1n) is 23.5. The van der Waals surface area contributed by atoms with Crippen molar-refractivity contribution in [2.75, 3.05) is 6.61 Å². The van der Waals surface area contributed by atoms with E-state index in [2.05, 4.69) is 19.2 Å². The lowest BCUT2D eigenvalue weighted by Crippen LogP contribution is -2.48. The van der Waals surface area contributed by atoms with Gasteiger partial charge in [-0.15, -0.1) is 0 Å². The van der Waals surface area contributed by atoms with E-state index in [4.69, 9.17) is 0 Å². The molecule has 310 valence electrons. The van der Waals surface area contributed by atoms with E-state index in [0.29, 0.717) is 6.42 Å². The molecule has 3 atom stereocenters. The Morgan fingerprint density at radius 3 is 1.06 bits per heavy atom. The number of aliphatic hydroxyl groups is 3. The van der Waals surface area contributed by atoms with Crippen LogP contribution < -0.4 is 5.32 Å². The number of nitrogens with one attached hydrogen (secondary N) is 1. The van der Waals surface area contributed by atoms with E-state index in [0.717, 1.165) is 32.1 Å². The molecule has 52 heavy (non-hydrogen) atoms. The van der Waals surface area contributed by atoms with Crippen molar-refractivity contribution in [3.8, 4) is 0 Å². The molecule has 0 bridgehead atoms. The molecule has 5 nitrogen and oxygen atoms in total. The van der Waals surface area contributed by atoms with Crippen LogP contribution in [-0.4, -0.2) is 46.1 Å². The number of rotatable bonds is 43. The van der Waals surface area contributed by atoms with Gasteiger partial charge in [0.05, 0.1) is 18.8 Å². The molecule has 0 saturated carbocycles. The predicted octanol–water partition coefficient (Wildman–Crippen LogP) is 13.6. The van der Waals surface area contributed by atoms with Crippen LogP contribution in [0.5, 0.6) is 0 Å². The summed E-state index contributed by atoms with van der Waals surface area (Å²) in [5.41, 5.74) is 0. The van der Waals surface area contributed by atoms with Gasteiger partial charge in [0.2, 0.25) is 5.91 Å². The third-order valence-electron chi connectivity index (χ3n) is 11.1. The average Bonchev–Trinajstić information content (AvgIpc) is 3.15. The van der Waals surface area contributed by atoms with Gasteiger partial charge in [0.25, 0.3) is 0 Å². The summed E-state index contributed by atoms with van der Waals surface area (Å²) in [4.78, 5) is 12.5. The minimum Gasteiger partial charge on any atom is -0.394 e. The highest BCUT2D eigenvalue weighted by atomic mass is 16.3. The van der Waals surface area contributed by atoms with Crippen LogP contribution in [0.15, 0.2) is 12.2 Å². The minimum absolute atomic E-state index is 0.359. The van der Waals surface area contributed by atoms with Crippen molar-refractivity contribution in [1.29, 1.82) is 0 Å². The van der Waals surface area contributed by atoms with E-state index in [1.807, 2.05) is 6.08 Å². The number of unbranched alkanes of at least 4 members (excludes halogenated alkanes) is 35. The summed E-state index contributed by atoms with van der Waals surface area (Å²) >= 11 is 0. The zero-order chi connectivity index (χ0) is 38.0. The number of allylic oxidation sites excluding steroid dienone is 1. The molecule has 0 fully saturated rings. The number of aliphatic hydroxyl groups excluding tert-OH is 3. The fourth-order valence-electron chi connectivity index (χ4n) is 7.42. The zero-order valence-electron chi connectivity index (χ0n) is 35.2. The Kier molecular flexibility index (Phi) is 42.1. The molecular weight excluding hydrogens is 643 g/mol. The van der Waals surface area contributed by atoms with Crippen molar-refractivity contribution in [3.63, 3.8) is 0 Å². The first-order valence-corrected chi connectivity index (χ1v) is 23.5. The normalized spacial score (nSPS) is 13.6. The van der Waals surface area contributed by atoms with E-state index in [1.54, 1.807) is 6.08 Å². The third kappa shape index (κ3) is 37.4. The first kappa shape index (κ1) is 51.1. The monoisotopic (exact) mass is 736 g/mol. The fraction of sp³-hybridized carbons (Fsp3) is 0.936. The molecule has 0 radical (unpaired) electrons. The molecule has 0 saturated heterocycles. The largest absolute Gasteiger partial charge is 0.394 e. The second kappa shape index (κ2) is 42.8. The molecule has 0 aromatic rings. The lowest BCUT2D eigenvalue weighted by atomic mass is 10.0. The number of carbonyl (C=O) groups is 1. The maximum absolute atomic E-state index is 12.5. The molecule has 3 unspecified atom stereocenters. The summed E-state index contributed by atoms with van der Waals surface area (Å²) in [7, 11) is 0. The topological polar surface area (TPSA) is 89.8 Å². The van der Waals surface area contributed by atoms with Crippen LogP contribution in [0.4, 0.5) is 0 Å². The van der Waals surface area contributed by atoms with Crippen LogP contribution in [0.2, 0.25) is 0 Å². The van der Waals surface area contributed by atoms with Crippen molar-refractivity contribution < 1.29 is 20.1 Å². The second-order valence-electron chi connectivity index (χ2n) is 16.3. The number of hydrogen-bond acceptors (Lipinski definition) is 4. The summed E-state index contributed by atoms with van der Waals surface area (Å²) in [6.07, 6.45) is 51.1. The smallest absolute Gasteiger partial charge is 0.249 e. The van der Waals surface area contributed by atoms with Crippen molar-refractivity contribution in [2.24, 2.45) is 0 Å². The molecule has 0 aliphatic rings. The Labute approximate surface area is 325 Å². The van der Waals surface area contributed by atoms with Crippen LogP contribution in [-0.2, 0) is 4.79 Å². The maximum atomic E-state index is 12.5. The number of amides is 1. The Bertz CT molecular complexity index is 728. The minimum atomic E-state index is -1.09. The van der Waals surface area contributed by atoms with E-state index in [9.17, 15) is 20.1 Å². The maximum Gasteiger partial charge on any atom is 0.249 e. The zero-order valence-corrected chi connectivity index (χ0v) is 35.2. The van der Waals surface area contributed by atoms with Gasteiger partial charge >= 0.3 is 0 Å². The van der Waals surface area contributed by atoms with Gasteiger partial charge in [-0.2, -0.15) is 0 Å². The van der Waals surface area contributed by atoms with Crippen molar-refractivity contribution in [3.05, 3.63) is 12.2 Å². The van der Waals surface area contributed by atoms with E-state index in [-0.39, 0.29) is 6.61 Å². The van der Waals surface area contributed by atoms with Gasteiger partial charge < -0.3 is 20.6 Å². The first-order chi connectivity index (χ1) is 25.6. The SMILES string of the molecule is CCCCCCCCCCCCCCCCCCCCCCC/C=C/C(O)C(CO)NC(=O)C(O)CCCCCCCCCCCCCCCCC. The summed E-state index contributed by atoms with van der Waals surface area (Å²) in [6.45, 7) is 4.20. The van der Waals surface area contributed by atoms with Gasteiger partial charge in [-0.1, -0.05) is 251 Å². The van der Waals surface area contributed by atoms with Crippen LogP contribution in [0.1, 0.15) is 258 Å². The van der Waals surface area contributed by atoms with Crippen LogP contribution in [0.3, 0.4) is 0 Å². The molecular formula is C47H93NO4. The van der Waals surface area contributed by atoms with Crippen molar-refractivity contribution in [2.45, 2.75) is 276 Å². The Hall–Kier alpha value is -0.910. The molecule has 1 amide bonds. The molecule has 0 aliphatic heterocycles. The average molecular weight is 736 g/mol. The molecule has 0 aliphatic carbocycles. The van der Waals surface area contributed by atoms with Gasteiger partial charge in [0, 0.05) is 0 Å². The molecule has 0 heterocycles. The standard InChI is InChI=1S/C47H93NO4/c1-3-5-7-9-11-13-15-17-19-20-21-22-23-24-25-26-28-29-31-33-35-37-39-41-45(50)44(43-49)48-47(52)46(51)42-40-38-36-34-32-30-27-18-16-14-12-10-8-6-4-2/h39,41,44-46,49-51H,3-38,40,42-43H2,1-2H3,(H,48,52)/b41-39+. The summed E-state index contributed by atoms with van der Waals surface area (Å²) < 4.78 is 0. The highest BCUT2D eigenvalue weighted by molar-refractivity contribution is 5.80. The molecule has 0 aromatic heterocycles. The van der Waals surface area contributed by atoms with E-state index in [1.165, 1.54) is 205 Å². The molecule has 0 spiro atoms. The molecule has 0 rings (SSSR count). The van der Waals surface area contributed by atoms with Crippen LogP contribution >= 0.6 is 0 Å².